The van der Waals surface area contributed by atoms with E-state index in [0.717, 1.165) is 6.07 Å². The summed E-state index contributed by atoms with van der Waals surface area (Å²) in [5.74, 6) is -1.00. The Labute approximate surface area is 160 Å². The minimum atomic E-state index is -3.14. The summed E-state index contributed by atoms with van der Waals surface area (Å²) in [6.07, 6.45) is 1.41. The van der Waals surface area contributed by atoms with Gasteiger partial charge in [-0.05, 0) is 43.4 Å². The van der Waals surface area contributed by atoms with E-state index in [1.165, 1.54) is 10.4 Å². The molecule has 2 N–H and O–H groups in total. The third-order valence-corrected chi connectivity index (χ3v) is 6.75. The fourth-order valence-electron chi connectivity index (χ4n) is 3.04. The quantitative estimate of drug-likeness (QED) is 0.564. The number of aliphatic imine (C=N–C) groups is 1. The molecular formula is C18H28F2N4O2S. The maximum absolute atomic E-state index is 13.4. The predicted octanol–water partition coefficient (Wildman–Crippen LogP) is 2.05. The zero-order valence-electron chi connectivity index (χ0n) is 16.0. The average Bonchev–Trinajstić information content (AvgIpc) is 2.67. The van der Waals surface area contributed by atoms with Crippen LogP contribution < -0.4 is 10.6 Å². The monoisotopic (exact) mass is 402 g/mol. The Morgan fingerprint density at radius 2 is 1.96 bits per heavy atom. The fraction of sp³-hybridized carbons (Fsp3) is 0.611. The van der Waals surface area contributed by atoms with Gasteiger partial charge in [-0.15, -0.1) is 0 Å². The van der Waals surface area contributed by atoms with E-state index in [9.17, 15) is 17.2 Å². The van der Waals surface area contributed by atoms with Gasteiger partial charge in [0.15, 0.2) is 17.6 Å². The molecule has 1 atom stereocenters. The highest BCUT2D eigenvalue weighted by Gasteiger charge is 2.27. The first-order valence-electron chi connectivity index (χ1n) is 9.16. The van der Waals surface area contributed by atoms with Crippen molar-refractivity contribution in [1.29, 1.82) is 0 Å². The molecule has 1 saturated heterocycles. The number of nitrogens with one attached hydrogen (secondary N) is 2. The lowest BCUT2D eigenvalue weighted by atomic mass is 10.0. The van der Waals surface area contributed by atoms with Crippen LogP contribution in [-0.2, 0) is 10.0 Å². The largest absolute Gasteiger partial charge is 0.356 e. The van der Waals surface area contributed by atoms with Crippen LogP contribution in [0.3, 0.4) is 0 Å². The van der Waals surface area contributed by atoms with E-state index in [2.05, 4.69) is 15.6 Å². The van der Waals surface area contributed by atoms with Crippen molar-refractivity contribution in [3.05, 3.63) is 35.4 Å². The number of hydrogen-bond donors (Lipinski definition) is 2. The third-order valence-electron chi connectivity index (χ3n) is 4.86. The second-order valence-electron chi connectivity index (χ2n) is 6.75. The molecule has 1 fully saturated rings. The summed E-state index contributed by atoms with van der Waals surface area (Å²) in [5, 5.41) is 6.50. The fourth-order valence-corrected chi connectivity index (χ4v) is 4.17. The molecule has 27 heavy (non-hydrogen) atoms. The first kappa shape index (κ1) is 21.6. The van der Waals surface area contributed by atoms with E-state index in [1.54, 1.807) is 20.0 Å². The number of hydrogen-bond acceptors (Lipinski definition) is 3. The highest BCUT2D eigenvalue weighted by atomic mass is 32.2. The van der Waals surface area contributed by atoms with Gasteiger partial charge >= 0.3 is 0 Å². The van der Waals surface area contributed by atoms with Gasteiger partial charge in [-0.3, -0.25) is 4.99 Å². The molecule has 152 valence electrons. The van der Waals surface area contributed by atoms with Crippen molar-refractivity contribution in [2.24, 2.45) is 4.99 Å². The van der Waals surface area contributed by atoms with Crippen molar-refractivity contribution in [3.8, 4) is 0 Å². The summed E-state index contributed by atoms with van der Waals surface area (Å²) in [6, 6.07) is 4.05. The normalized spacial score (nSPS) is 18.3. The Morgan fingerprint density at radius 1 is 1.30 bits per heavy atom. The predicted molar refractivity (Wildman–Crippen MR) is 103 cm³/mol. The van der Waals surface area contributed by atoms with Crippen LogP contribution in [0.1, 0.15) is 38.2 Å². The minimum Gasteiger partial charge on any atom is -0.356 e. The molecule has 0 bridgehead atoms. The number of benzene rings is 1. The van der Waals surface area contributed by atoms with Crippen LogP contribution >= 0.6 is 0 Å². The molecule has 1 aromatic carbocycles. The van der Waals surface area contributed by atoms with Crippen molar-refractivity contribution in [1.82, 2.24) is 14.9 Å². The number of piperidine rings is 1. The van der Waals surface area contributed by atoms with Gasteiger partial charge in [0.05, 0.1) is 5.75 Å². The molecule has 0 aromatic heterocycles. The van der Waals surface area contributed by atoms with Crippen molar-refractivity contribution in [2.75, 3.05) is 32.4 Å². The molecule has 1 aliphatic heterocycles. The molecule has 2 rings (SSSR count). The van der Waals surface area contributed by atoms with E-state index in [-0.39, 0.29) is 17.7 Å². The van der Waals surface area contributed by atoms with Crippen LogP contribution in [-0.4, -0.2) is 57.2 Å². The van der Waals surface area contributed by atoms with Gasteiger partial charge in [-0.25, -0.2) is 21.5 Å². The van der Waals surface area contributed by atoms with Crippen LogP contribution in [0.25, 0.3) is 0 Å². The van der Waals surface area contributed by atoms with Crippen molar-refractivity contribution in [2.45, 2.75) is 38.6 Å². The Hall–Kier alpha value is -1.74. The zero-order valence-corrected chi connectivity index (χ0v) is 16.8. The van der Waals surface area contributed by atoms with Crippen molar-refractivity contribution >= 4 is 16.0 Å². The standard InChI is InChI=1S/C18H28F2N4O2S/c1-4-27(25,26)24-9-7-15(8-10-24)23-18(21-3)22-12-13(2)14-5-6-16(19)17(20)11-14/h5-6,11,13,15H,4,7-10,12H2,1-3H3,(H2,21,22,23). The SMILES string of the molecule is CCS(=O)(=O)N1CCC(NC(=NC)NCC(C)c2ccc(F)c(F)c2)CC1. The molecule has 1 aromatic rings. The first-order chi connectivity index (χ1) is 12.8. The van der Waals surface area contributed by atoms with E-state index < -0.39 is 21.7 Å². The summed E-state index contributed by atoms with van der Waals surface area (Å²) in [7, 11) is -1.47. The molecule has 0 aliphatic carbocycles. The van der Waals surface area contributed by atoms with E-state index in [4.69, 9.17) is 0 Å². The summed E-state index contributed by atoms with van der Waals surface area (Å²) >= 11 is 0. The molecule has 9 heteroatoms. The first-order valence-corrected chi connectivity index (χ1v) is 10.8. The molecular weight excluding hydrogens is 374 g/mol. The number of guanidine groups is 1. The van der Waals surface area contributed by atoms with Gasteiger partial charge in [0, 0.05) is 32.7 Å². The third kappa shape index (κ3) is 5.87. The van der Waals surface area contributed by atoms with Gasteiger partial charge in [0.25, 0.3) is 0 Å². The Morgan fingerprint density at radius 3 is 2.52 bits per heavy atom. The van der Waals surface area contributed by atoms with Gasteiger partial charge in [-0.2, -0.15) is 0 Å². The zero-order chi connectivity index (χ0) is 20.0. The Balaban J connectivity index is 1.83. The average molecular weight is 403 g/mol. The topological polar surface area (TPSA) is 73.8 Å². The number of rotatable bonds is 6. The van der Waals surface area contributed by atoms with Crippen molar-refractivity contribution in [3.63, 3.8) is 0 Å². The molecule has 0 spiro atoms. The highest BCUT2D eigenvalue weighted by molar-refractivity contribution is 7.89. The number of sulfonamides is 1. The Kier molecular flexibility index (Phi) is 7.55. The van der Waals surface area contributed by atoms with Gasteiger partial charge < -0.3 is 10.6 Å². The second kappa shape index (κ2) is 9.45. The van der Waals surface area contributed by atoms with Crippen LogP contribution in [0.5, 0.6) is 0 Å². The minimum absolute atomic E-state index is 0.0322. The second-order valence-corrected chi connectivity index (χ2v) is 9.00. The molecule has 1 unspecified atom stereocenters. The van der Waals surface area contributed by atoms with Crippen LogP contribution in [0.2, 0.25) is 0 Å². The highest BCUT2D eigenvalue weighted by Crippen LogP contribution is 2.18. The van der Waals surface area contributed by atoms with Gasteiger partial charge in [-0.1, -0.05) is 13.0 Å². The summed E-state index contributed by atoms with van der Waals surface area (Å²) in [6.45, 7) is 5.07. The lowest BCUT2D eigenvalue weighted by Gasteiger charge is -2.32. The summed E-state index contributed by atoms with van der Waals surface area (Å²) in [5.41, 5.74) is 0.704. The van der Waals surface area contributed by atoms with Gasteiger partial charge in [0.1, 0.15) is 0 Å². The Bertz CT molecular complexity index is 763. The van der Waals surface area contributed by atoms with Crippen LogP contribution in [0, 0.1) is 11.6 Å². The molecule has 0 amide bonds. The van der Waals surface area contributed by atoms with Crippen molar-refractivity contribution < 1.29 is 17.2 Å². The summed E-state index contributed by atoms with van der Waals surface area (Å²) < 4.78 is 51.8. The lowest BCUT2D eigenvalue weighted by Crippen LogP contribution is -2.50. The molecule has 0 radical (unpaired) electrons. The maximum atomic E-state index is 13.4. The van der Waals surface area contributed by atoms with E-state index in [0.29, 0.717) is 44.0 Å². The van der Waals surface area contributed by atoms with Crippen LogP contribution in [0.4, 0.5) is 8.78 Å². The van der Waals surface area contributed by atoms with E-state index in [1.807, 2.05) is 6.92 Å². The molecule has 6 nitrogen and oxygen atoms in total. The molecule has 1 aliphatic rings. The molecule has 1 heterocycles. The van der Waals surface area contributed by atoms with E-state index >= 15 is 0 Å². The maximum Gasteiger partial charge on any atom is 0.213 e. The number of halogens is 2. The van der Waals surface area contributed by atoms with Crippen LogP contribution in [0.15, 0.2) is 23.2 Å². The number of nitrogens with zero attached hydrogens (tertiary/aromatic N) is 2. The summed E-state index contributed by atoms with van der Waals surface area (Å²) in [4.78, 5) is 4.19. The molecule has 0 saturated carbocycles. The van der Waals surface area contributed by atoms with Gasteiger partial charge in [0.2, 0.25) is 10.0 Å². The lowest BCUT2D eigenvalue weighted by molar-refractivity contribution is 0.306. The smallest absolute Gasteiger partial charge is 0.213 e.